The number of fused-ring (bicyclic) bond motifs is 1. The number of likely N-dealkylation sites (tertiary alicyclic amines) is 1. The van der Waals surface area contributed by atoms with Gasteiger partial charge in [0.2, 0.25) is 0 Å². The van der Waals surface area contributed by atoms with Gasteiger partial charge in [0.15, 0.2) is 5.82 Å². The van der Waals surface area contributed by atoms with Crippen LogP contribution in [0, 0.1) is 0 Å². The number of quaternary nitrogens is 1. The van der Waals surface area contributed by atoms with Crippen LogP contribution in [0.15, 0.2) is 41.2 Å². The largest absolute Gasteiger partial charge is 0.329 e. The van der Waals surface area contributed by atoms with Gasteiger partial charge in [-0.25, -0.2) is 4.98 Å². The molecule has 0 atom stereocenters. The standard InChI is InChI=1S/C18H19N3OS/c22-17-14-11-15(13-7-3-1-4-8-13)23-18(14)20-16(19-17)12-21-9-5-2-6-10-21/h1,3-4,7-8,11H,2,5-6,9-10,12H2,(H,19,20,22)/p+1. The van der Waals surface area contributed by atoms with Crippen LogP contribution in [-0.2, 0) is 6.54 Å². The first-order valence-electron chi connectivity index (χ1n) is 8.21. The number of hydrogen-bond acceptors (Lipinski definition) is 3. The highest BCUT2D eigenvalue weighted by Gasteiger charge is 2.17. The van der Waals surface area contributed by atoms with Gasteiger partial charge in [0.25, 0.3) is 5.56 Å². The van der Waals surface area contributed by atoms with Crippen molar-refractivity contribution in [1.29, 1.82) is 0 Å². The zero-order chi connectivity index (χ0) is 15.6. The summed E-state index contributed by atoms with van der Waals surface area (Å²) >= 11 is 1.60. The minimum Gasteiger partial charge on any atom is -0.329 e. The van der Waals surface area contributed by atoms with Crippen LogP contribution in [0.5, 0.6) is 0 Å². The van der Waals surface area contributed by atoms with E-state index in [4.69, 9.17) is 4.98 Å². The molecule has 0 spiro atoms. The average molecular weight is 326 g/mol. The lowest BCUT2D eigenvalue weighted by Gasteiger charge is -2.22. The highest BCUT2D eigenvalue weighted by molar-refractivity contribution is 7.21. The number of nitrogens with one attached hydrogen (secondary N) is 2. The summed E-state index contributed by atoms with van der Waals surface area (Å²) in [6.45, 7) is 3.19. The molecule has 0 saturated carbocycles. The van der Waals surface area contributed by atoms with Crippen molar-refractivity contribution in [2.45, 2.75) is 25.8 Å². The first kappa shape index (κ1) is 14.6. The maximum absolute atomic E-state index is 12.4. The molecule has 1 aromatic carbocycles. The maximum atomic E-state index is 12.4. The Morgan fingerprint density at radius 2 is 1.91 bits per heavy atom. The highest BCUT2D eigenvalue weighted by Crippen LogP contribution is 2.30. The maximum Gasteiger partial charge on any atom is 0.259 e. The van der Waals surface area contributed by atoms with Crippen molar-refractivity contribution in [3.63, 3.8) is 0 Å². The second-order valence-corrected chi connectivity index (χ2v) is 7.23. The second kappa shape index (κ2) is 6.26. The molecule has 0 aliphatic carbocycles. The van der Waals surface area contributed by atoms with E-state index < -0.39 is 0 Å². The first-order chi connectivity index (χ1) is 11.3. The fourth-order valence-electron chi connectivity index (χ4n) is 3.27. The van der Waals surface area contributed by atoms with Crippen molar-refractivity contribution in [2.24, 2.45) is 0 Å². The van der Waals surface area contributed by atoms with E-state index >= 15 is 0 Å². The first-order valence-corrected chi connectivity index (χ1v) is 9.03. The molecule has 1 aliphatic heterocycles. The van der Waals surface area contributed by atoms with Gasteiger partial charge in [-0.05, 0) is 30.9 Å². The molecule has 2 N–H and O–H groups in total. The van der Waals surface area contributed by atoms with Crippen molar-refractivity contribution in [3.05, 3.63) is 52.6 Å². The third-order valence-electron chi connectivity index (χ3n) is 4.49. The van der Waals surface area contributed by atoms with Crippen LogP contribution >= 0.6 is 11.3 Å². The van der Waals surface area contributed by atoms with E-state index in [1.807, 2.05) is 24.3 Å². The Morgan fingerprint density at radius 1 is 1.13 bits per heavy atom. The van der Waals surface area contributed by atoms with E-state index in [1.165, 1.54) is 37.3 Å². The molecule has 0 amide bonds. The van der Waals surface area contributed by atoms with Crippen molar-refractivity contribution >= 4 is 21.6 Å². The number of nitrogens with zero attached hydrogens (tertiary/aromatic N) is 1. The third-order valence-corrected chi connectivity index (χ3v) is 5.57. The molecule has 5 heteroatoms. The van der Waals surface area contributed by atoms with Crippen molar-refractivity contribution in [3.8, 4) is 10.4 Å². The number of aromatic nitrogens is 2. The Bertz CT molecular complexity index is 863. The van der Waals surface area contributed by atoms with E-state index in [1.54, 1.807) is 11.3 Å². The lowest BCUT2D eigenvalue weighted by Crippen LogP contribution is -3.11. The molecular weight excluding hydrogens is 306 g/mol. The highest BCUT2D eigenvalue weighted by atomic mass is 32.1. The minimum atomic E-state index is -0.0140. The normalized spacial score (nSPS) is 16.0. The van der Waals surface area contributed by atoms with Gasteiger partial charge in [-0.2, -0.15) is 0 Å². The van der Waals surface area contributed by atoms with Crippen molar-refractivity contribution < 1.29 is 4.90 Å². The third kappa shape index (κ3) is 3.07. The molecular formula is C18H20N3OS+. The fraction of sp³-hybridized carbons (Fsp3) is 0.333. The summed E-state index contributed by atoms with van der Waals surface area (Å²) in [6, 6.07) is 12.1. The van der Waals surface area contributed by atoms with E-state index in [0.29, 0.717) is 5.39 Å². The van der Waals surface area contributed by atoms with Crippen LogP contribution in [0.1, 0.15) is 25.1 Å². The molecule has 4 rings (SSSR count). The predicted octanol–water partition coefficient (Wildman–Crippen LogP) is 2.22. The molecule has 0 bridgehead atoms. The van der Waals surface area contributed by atoms with Gasteiger partial charge >= 0.3 is 0 Å². The molecule has 2 aromatic heterocycles. The van der Waals surface area contributed by atoms with Crippen LogP contribution in [-0.4, -0.2) is 23.1 Å². The van der Waals surface area contributed by atoms with Gasteiger partial charge in [-0.1, -0.05) is 30.3 Å². The average Bonchev–Trinajstić information content (AvgIpc) is 3.01. The lowest BCUT2D eigenvalue weighted by atomic mass is 10.1. The topological polar surface area (TPSA) is 50.2 Å². The monoisotopic (exact) mass is 326 g/mol. The molecule has 0 unspecified atom stereocenters. The summed E-state index contributed by atoms with van der Waals surface area (Å²) in [5, 5.41) is 0.700. The van der Waals surface area contributed by atoms with E-state index in [2.05, 4.69) is 17.1 Å². The summed E-state index contributed by atoms with van der Waals surface area (Å²) < 4.78 is 0. The number of thiophene rings is 1. The van der Waals surface area contributed by atoms with E-state index in [0.717, 1.165) is 27.6 Å². The van der Waals surface area contributed by atoms with Gasteiger partial charge in [0.1, 0.15) is 11.4 Å². The van der Waals surface area contributed by atoms with Crippen molar-refractivity contribution in [2.75, 3.05) is 13.1 Å². The molecule has 4 nitrogen and oxygen atoms in total. The summed E-state index contributed by atoms with van der Waals surface area (Å²) in [5.74, 6) is 0.820. The molecule has 1 aliphatic rings. The Labute approximate surface area is 138 Å². The molecule has 1 fully saturated rings. The number of rotatable bonds is 3. The predicted molar refractivity (Wildman–Crippen MR) is 93.9 cm³/mol. The summed E-state index contributed by atoms with van der Waals surface area (Å²) in [7, 11) is 0. The van der Waals surface area contributed by atoms with Crippen LogP contribution in [0.3, 0.4) is 0 Å². The minimum absolute atomic E-state index is 0.0140. The van der Waals surface area contributed by atoms with Gasteiger partial charge < -0.3 is 9.88 Å². The summed E-state index contributed by atoms with van der Waals surface area (Å²) in [4.78, 5) is 23.6. The second-order valence-electron chi connectivity index (χ2n) is 6.20. The van der Waals surface area contributed by atoms with Gasteiger partial charge in [0, 0.05) is 4.88 Å². The zero-order valence-electron chi connectivity index (χ0n) is 13.0. The summed E-state index contributed by atoms with van der Waals surface area (Å²) in [5.41, 5.74) is 1.12. The Hall–Kier alpha value is -1.98. The van der Waals surface area contributed by atoms with Crippen LogP contribution in [0.2, 0.25) is 0 Å². The fourth-order valence-corrected chi connectivity index (χ4v) is 4.33. The molecule has 3 heterocycles. The Kier molecular flexibility index (Phi) is 3.97. The number of piperidine rings is 1. The lowest BCUT2D eigenvalue weighted by molar-refractivity contribution is -0.919. The molecule has 3 aromatic rings. The van der Waals surface area contributed by atoms with E-state index in [9.17, 15) is 4.79 Å². The van der Waals surface area contributed by atoms with Crippen LogP contribution in [0.4, 0.5) is 0 Å². The number of H-pyrrole nitrogens is 1. The molecule has 1 saturated heterocycles. The SMILES string of the molecule is O=c1[nH]c(C[NH+]2CCCCC2)nc2sc(-c3ccccc3)cc12. The summed E-state index contributed by atoms with van der Waals surface area (Å²) in [6.07, 6.45) is 3.88. The van der Waals surface area contributed by atoms with Gasteiger partial charge in [-0.3, -0.25) is 4.79 Å². The van der Waals surface area contributed by atoms with E-state index in [-0.39, 0.29) is 5.56 Å². The number of benzene rings is 1. The zero-order valence-corrected chi connectivity index (χ0v) is 13.8. The number of aromatic amines is 1. The quantitative estimate of drug-likeness (QED) is 0.775. The van der Waals surface area contributed by atoms with Gasteiger partial charge in [-0.15, -0.1) is 11.3 Å². The molecule has 0 radical (unpaired) electrons. The van der Waals surface area contributed by atoms with Crippen molar-refractivity contribution in [1.82, 2.24) is 9.97 Å². The van der Waals surface area contributed by atoms with Crippen LogP contribution < -0.4 is 10.5 Å². The van der Waals surface area contributed by atoms with Gasteiger partial charge in [0.05, 0.1) is 18.5 Å². The Balaban J connectivity index is 1.68. The smallest absolute Gasteiger partial charge is 0.259 e. The molecule has 23 heavy (non-hydrogen) atoms. The van der Waals surface area contributed by atoms with Crippen LogP contribution in [0.25, 0.3) is 20.7 Å². The number of hydrogen-bond donors (Lipinski definition) is 2. The molecule has 118 valence electrons. The Morgan fingerprint density at radius 3 is 2.70 bits per heavy atom.